The molecule has 0 atom stereocenters. The lowest BCUT2D eigenvalue weighted by atomic mass is 9.80. The van der Waals surface area contributed by atoms with Crippen molar-refractivity contribution >= 4 is 17.7 Å². The number of benzene rings is 2. The maximum Gasteiger partial charge on any atom is 0.133 e. The molecule has 2 aromatic rings. The molecule has 0 aromatic heterocycles. The van der Waals surface area contributed by atoms with Gasteiger partial charge in [0.25, 0.3) is 0 Å². The molecule has 2 aromatic carbocycles. The lowest BCUT2D eigenvalue weighted by Gasteiger charge is -2.24. The molecule has 3 heteroatoms. The summed E-state index contributed by atoms with van der Waals surface area (Å²) < 4.78 is 0. The van der Waals surface area contributed by atoms with Crippen LogP contribution in [0.25, 0.3) is 0 Å². The molecule has 0 saturated heterocycles. The number of hydrogen-bond acceptors (Lipinski definition) is 2. The van der Waals surface area contributed by atoms with Gasteiger partial charge in [-0.3, -0.25) is 0 Å². The smallest absolute Gasteiger partial charge is 0.133 e. The third kappa shape index (κ3) is 8.36. The molecule has 0 amide bonds. The number of nitrogens with one attached hydrogen (secondary N) is 1. The standard InChI is InChI=1S/C23H28N2O.C2H6/c1-23(2,21-14-7-8-15-22(21)25-18-11-19-26)16-9-4-10-17-24-20-12-5-3-6-13-20;1-2/h3-10,12-15,17,19,24-25H,11,16,18H2,1-2H3;1-2H3/p+1/b9-4+,17-10+;. The van der Waals surface area contributed by atoms with Crippen molar-refractivity contribution in [3.05, 3.63) is 84.6 Å². The molecule has 28 heavy (non-hydrogen) atoms. The Bertz CT molecular complexity index is 733. The van der Waals surface area contributed by atoms with Gasteiger partial charge < -0.3 is 15.4 Å². The van der Waals surface area contributed by atoms with Crippen molar-refractivity contribution in [2.45, 2.75) is 46.0 Å². The van der Waals surface area contributed by atoms with E-state index in [1.54, 1.807) is 0 Å². The van der Waals surface area contributed by atoms with E-state index in [9.17, 15) is 4.79 Å². The minimum Gasteiger partial charge on any atom is -0.362 e. The van der Waals surface area contributed by atoms with Gasteiger partial charge in [0.1, 0.15) is 12.0 Å². The number of hydrogen-bond donors (Lipinski definition) is 2. The topological polar surface area (TPSA) is 45.7 Å². The van der Waals surface area contributed by atoms with E-state index < -0.39 is 0 Å². The van der Waals surface area contributed by atoms with Crippen molar-refractivity contribution in [1.29, 1.82) is 0 Å². The largest absolute Gasteiger partial charge is 0.362 e. The molecular weight excluding hydrogens is 344 g/mol. The van der Waals surface area contributed by atoms with Gasteiger partial charge in [-0.1, -0.05) is 76.2 Å². The zero-order valence-electron chi connectivity index (χ0n) is 17.7. The lowest BCUT2D eigenvalue weighted by Crippen LogP contribution is -2.78. The highest BCUT2D eigenvalue weighted by atomic mass is 16.1. The fourth-order valence-corrected chi connectivity index (χ4v) is 2.88. The fourth-order valence-electron chi connectivity index (χ4n) is 2.88. The molecule has 0 heterocycles. The summed E-state index contributed by atoms with van der Waals surface area (Å²) in [5, 5.41) is 5.41. The van der Waals surface area contributed by atoms with E-state index >= 15 is 0 Å². The fraction of sp³-hybridized carbons (Fsp3) is 0.320. The summed E-state index contributed by atoms with van der Waals surface area (Å²) in [6.07, 6.45) is 10.7. The Kier molecular flexibility index (Phi) is 11.3. The second kappa shape index (κ2) is 13.5. The van der Waals surface area contributed by atoms with Crippen molar-refractivity contribution < 1.29 is 10.1 Å². The van der Waals surface area contributed by atoms with Crippen molar-refractivity contribution in [2.75, 3.05) is 11.9 Å². The van der Waals surface area contributed by atoms with Crippen LogP contribution < -0.4 is 10.6 Å². The molecule has 0 bridgehead atoms. The van der Waals surface area contributed by atoms with Crippen molar-refractivity contribution in [1.82, 2.24) is 0 Å². The SMILES string of the molecule is CC.CC(C)(C/C=C/C=C/Nc1ccccc1)c1ccccc1[NH2+]CCC=O. The Hall–Kier alpha value is -2.65. The summed E-state index contributed by atoms with van der Waals surface area (Å²) in [7, 11) is 0. The molecule has 0 aliphatic heterocycles. The van der Waals surface area contributed by atoms with Gasteiger partial charge in [0, 0.05) is 17.5 Å². The van der Waals surface area contributed by atoms with Crippen LogP contribution in [0.15, 0.2) is 79.0 Å². The van der Waals surface area contributed by atoms with Crippen LogP contribution in [0.3, 0.4) is 0 Å². The summed E-state index contributed by atoms with van der Waals surface area (Å²) in [6.45, 7) is 9.31. The van der Waals surface area contributed by atoms with E-state index in [1.807, 2.05) is 56.5 Å². The van der Waals surface area contributed by atoms with E-state index in [0.29, 0.717) is 6.42 Å². The summed E-state index contributed by atoms with van der Waals surface area (Å²) in [5.74, 6) is 0. The molecule has 0 unspecified atom stereocenters. The Labute approximate surface area is 170 Å². The number of rotatable bonds is 10. The first-order valence-electron chi connectivity index (χ1n) is 10.1. The molecule has 3 N–H and O–H groups in total. The predicted octanol–water partition coefficient (Wildman–Crippen LogP) is 5.35. The summed E-state index contributed by atoms with van der Waals surface area (Å²) in [5.41, 5.74) is 3.67. The van der Waals surface area contributed by atoms with Gasteiger partial charge in [0.15, 0.2) is 0 Å². The molecule has 0 saturated carbocycles. The molecule has 0 spiro atoms. The van der Waals surface area contributed by atoms with Crippen molar-refractivity contribution in [2.24, 2.45) is 0 Å². The second-order valence-electron chi connectivity index (χ2n) is 6.92. The van der Waals surface area contributed by atoms with Crippen LogP contribution in [-0.4, -0.2) is 12.8 Å². The molecule has 0 radical (unpaired) electrons. The zero-order chi connectivity index (χ0) is 20.7. The summed E-state index contributed by atoms with van der Waals surface area (Å²) in [6, 6.07) is 18.6. The van der Waals surface area contributed by atoms with Crippen LogP contribution in [0.2, 0.25) is 0 Å². The normalized spacial score (nSPS) is 11.3. The average molecular weight is 380 g/mol. The highest BCUT2D eigenvalue weighted by Gasteiger charge is 2.23. The lowest BCUT2D eigenvalue weighted by molar-refractivity contribution is -0.570. The van der Waals surface area contributed by atoms with Crippen molar-refractivity contribution in [3.63, 3.8) is 0 Å². The number of quaternary nitrogens is 1. The van der Waals surface area contributed by atoms with Gasteiger partial charge in [-0.25, -0.2) is 0 Å². The number of carbonyl (C=O) groups is 1. The molecule has 0 aliphatic rings. The first-order chi connectivity index (χ1) is 13.6. The highest BCUT2D eigenvalue weighted by molar-refractivity contribution is 5.49. The van der Waals surface area contributed by atoms with Gasteiger partial charge >= 0.3 is 0 Å². The van der Waals surface area contributed by atoms with Crippen LogP contribution in [-0.2, 0) is 10.2 Å². The first kappa shape index (κ1) is 23.4. The number of nitrogens with two attached hydrogens (primary N) is 1. The molecule has 2 rings (SSSR count). The molecule has 0 fully saturated rings. The Morgan fingerprint density at radius 3 is 2.36 bits per heavy atom. The van der Waals surface area contributed by atoms with Gasteiger partial charge in [-0.2, -0.15) is 0 Å². The Morgan fingerprint density at radius 2 is 1.64 bits per heavy atom. The van der Waals surface area contributed by atoms with E-state index in [1.165, 1.54) is 11.3 Å². The van der Waals surface area contributed by atoms with Crippen LogP contribution in [0.1, 0.15) is 46.1 Å². The highest BCUT2D eigenvalue weighted by Crippen LogP contribution is 2.31. The van der Waals surface area contributed by atoms with Crippen LogP contribution in [0.5, 0.6) is 0 Å². The van der Waals surface area contributed by atoms with E-state index in [4.69, 9.17) is 0 Å². The number of aldehydes is 1. The number of allylic oxidation sites excluding steroid dienone is 3. The number of para-hydroxylation sites is 2. The molecular formula is C25H35N2O+. The monoisotopic (exact) mass is 379 g/mol. The van der Waals surface area contributed by atoms with Crippen LogP contribution in [0, 0.1) is 0 Å². The first-order valence-corrected chi connectivity index (χ1v) is 10.1. The number of carbonyl (C=O) groups excluding carboxylic acids is 1. The van der Waals surface area contributed by atoms with Crippen LogP contribution in [0.4, 0.5) is 11.4 Å². The van der Waals surface area contributed by atoms with Gasteiger partial charge in [-0.15, -0.1) is 0 Å². The van der Waals surface area contributed by atoms with Gasteiger partial charge in [-0.05, 0) is 36.1 Å². The minimum absolute atomic E-state index is 0.0332. The average Bonchev–Trinajstić information content (AvgIpc) is 2.73. The molecule has 0 aliphatic carbocycles. The second-order valence-corrected chi connectivity index (χ2v) is 6.92. The van der Waals surface area contributed by atoms with Gasteiger partial charge in [0.05, 0.1) is 13.0 Å². The maximum absolute atomic E-state index is 10.6. The van der Waals surface area contributed by atoms with Crippen molar-refractivity contribution in [3.8, 4) is 0 Å². The van der Waals surface area contributed by atoms with Crippen LogP contribution >= 0.6 is 0 Å². The Morgan fingerprint density at radius 1 is 0.964 bits per heavy atom. The van der Waals surface area contributed by atoms with Gasteiger partial charge in [0.2, 0.25) is 0 Å². The Balaban J connectivity index is 0.00000190. The van der Waals surface area contributed by atoms with E-state index in [0.717, 1.165) is 24.9 Å². The quantitative estimate of drug-likeness (QED) is 0.253. The maximum atomic E-state index is 10.6. The minimum atomic E-state index is 0.0332. The third-order valence-corrected chi connectivity index (χ3v) is 4.33. The third-order valence-electron chi connectivity index (χ3n) is 4.33. The zero-order valence-corrected chi connectivity index (χ0v) is 17.7. The molecule has 3 nitrogen and oxygen atoms in total. The number of anilines is 1. The van der Waals surface area contributed by atoms with E-state index in [2.05, 4.69) is 60.9 Å². The van der Waals surface area contributed by atoms with E-state index in [-0.39, 0.29) is 5.41 Å². The summed E-state index contributed by atoms with van der Waals surface area (Å²) >= 11 is 0. The predicted molar refractivity (Wildman–Crippen MR) is 121 cm³/mol. The molecule has 150 valence electrons. The summed E-state index contributed by atoms with van der Waals surface area (Å²) in [4.78, 5) is 10.6.